The molecule has 2 fully saturated rings. The van der Waals surface area contributed by atoms with Gasteiger partial charge in [-0.3, -0.25) is 4.79 Å². The van der Waals surface area contributed by atoms with Crippen molar-refractivity contribution in [1.29, 1.82) is 0 Å². The van der Waals surface area contributed by atoms with E-state index in [0.29, 0.717) is 11.2 Å². The van der Waals surface area contributed by atoms with Crippen LogP contribution in [0.4, 0.5) is 0 Å². The van der Waals surface area contributed by atoms with Crippen LogP contribution in [0.3, 0.4) is 0 Å². The Labute approximate surface area is 115 Å². The summed E-state index contributed by atoms with van der Waals surface area (Å²) in [5.74, 6) is 1.87. The Morgan fingerprint density at radius 3 is 3.00 bits per heavy atom. The van der Waals surface area contributed by atoms with Crippen LogP contribution in [-0.2, 0) is 4.79 Å². The lowest BCUT2D eigenvalue weighted by molar-refractivity contribution is -0.138. The molecule has 0 bridgehead atoms. The first-order chi connectivity index (χ1) is 8.55. The van der Waals surface area contributed by atoms with Crippen LogP contribution in [0.25, 0.3) is 0 Å². The van der Waals surface area contributed by atoms with E-state index in [9.17, 15) is 4.79 Å². The lowest BCUT2D eigenvalue weighted by atomic mass is 9.76. The number of hydrogen-bond donors (Lipinski definition) is 1. The zero-order valence-electron chi connectivity index (χ0n) is 11.7. The van der Waals surface area contributed by atoms with Crippen LogP contribution in [0, 0.1) is 5.92 Å². The molecule has 3 atom stereocenters. The second kappa shape index (κ2) is 5.83. The van der Waals surface area contributed by atoms with Crippen LogP contribution in [0.2, 0.25) is 0 Å². The maximum Gasteiger partial charge on any atom is 0.242 e. The van der Waals surface area contributed by atoms with Crippen molar-refractivity contribution in [3.05, 3.63) is 0 Å². The lowest BCUT2D eigenvalue weighted by Gasteiger charge is -2.41. The number of thioether (sulfide) groups is 1. The van der Waals surface area contributed by atoms with Gasteiger partial charge in [0.2, 0.25) is 5.91 Å². The van der Waals surface area contributed by atoms with Gasteiger partial charge in [-0.25, -0.2) is 0 Å². The summed E-state index contributed by atoms with van der Waals surface area (Å²) in [6.07, 6.45) is 5.20. The van der Waals surface area contributed by atoms with Gasteiger partial charge in [-0.1, -0.05) is 26.7 Å². The van der Waals surface area contributed by atoms with E-state index in [1.54, 1.807) is 0 Å². The van der Waals surface area contributed by atoms with E-state index in [4.69, 9.17) is 5.73 Å². The predicted octanol–water partition coefficient (Wildman–Crippen LogP) is 2.25. The number of hydrogen-bond acceptors (Lipinski definition) is 3. The molecule has 1 aliphatic carbocycles. The maximum atomic E-state index is 12.7. The molecule has 1 saturated heterocycles. The molecular weight excluding hydrogens is 244 g/mol. The van der Waals surface area contributed by atoms with Crippen molar-refractivity contribution in [3.8, 4) is 0 Å². The summed E-state index contributed by atoms with van der Waals surface area (Å²) in [6.45, 7) is 6.20. The van der Waals surface area contributed by atoms with Crippen LogP contribution in [-0.4, -0.2) is 40.4 Å². The molecular formula is C14H26N2OS. The second-order valence-electron chi connectivity index (χ2n) is 6.01. The fraction of sp³-hybridized carbons (Fsp3) is 0.929. The number of carbonyl (C=O) groups excluding carboxylic acids is 1. The Morgan fingerprint density at radius 2 is 2.33 bits per heavy atom. The summed E-state index contributed by atoms with van der Waals surface area (Å²) in [4.78, 5) is 14.7. The molecule has 1 aliphatic heterocycles. The van der Waals surface area contributed by atoms with E-state index >= 15 is 0 Å². The average Bonchev–Trinajstić information content (AvgIpc) is 2.37. The summed E-state index contributed by atoms with van der Waals surface area (Å²) in [6, 6.07) is 0. The Hall–Kier alpha value is -0.220. The zero-order chi connectivity index (χ0) is 13.2. The molecule has 2 N–H and O–H groups in total. The number of amides is 1. The third kappa shape index (κ3) is 3.02. The third-order valence-electron chi connectivity index (χ3n) is 4.34. The Morgan fingerprint density at radius 1 is 1.56 bits per heavy atom. The molecule has 3 unspecified atom stereocenters. The average molecular weight is 270 g/mol. The molecule has 1 heterocycles. The Balaban J connectivity index is 2.01. The van der Waals surface area contributed by atoms with Gasteiger partial charge in [0.25, 0.3) is 0 Å². The first kappa shape index (κ1) is 14.2. The predicted molar refractivity (Wildman–Crippen MR) is 77.7 cm³/mol. The van der Waals surface area contributed by atoms with E-state index in [1.165, 1.54) is 6.42 Å². The topological polar surface area (TPSA) is 46.3 Å². The molecule has 2 rings (SSSR count). The summed E-state index contributed by atoms with van der Waals surface area (Å²) in [5, 5.41) is 0.604. The third-order valence-corrected chi connectivity index (χ3v) is 5.71. The number of carbonyl (C=O) groups is 1. The summed E-state index contributed by atoms with van der Waals surface area (Å²) in [5.41, 5.74) is 5.84. The summed E-state index contributed by atoms with van der Waals surface area (Å²) < 4.78 is 0. The SMILES string of the molecule is CCC1CN(C(=O)C2(N)CCCC(C)C2)CCS1. The molecule has 0 aromatic rings. The molecule has 1 saturated carbocycles. The van der Waals surface area contributed by atoms with Gasteiger partial charge in [0.1, 0.15) is 0 Å². The highest BCUT2D eigenvalue weighted by Gasteiger charge is 2.41. The van der Waals surface area contributed by atoms with E-state index in [0.717, 1.165) is 44.5 Å². The highest BCUT2D eigenvalue weighted by molar-refractivity contribution is 8.00. The maximum absolute atomic E-state index is 12.7. The molecule has 0 spiro atoms. The van der Waals surface area contributed by atoms with Crippen molar-refractivity contribution in [2.75, 3.05) is 18.8 Å². The van der Waals surface area contributed by atoms with E-state index < -0.39 is 5.54 Å². The molecule has 2 aliphatic rings. The van der Waals surface area contributed by atoms with Gasteiger partial charge < -0.3 is 10.6 Å². The number of rotatable bonds is 2. The van der Waals surface area contributed by atoms with Gasteiger partial charge in [0.15, 0.2) is 0 Å². The van der Waals surface area contributed by atoms with Crippen molar-refractivity contribution in [2.24, 2.45) is 11.7 Å². The number of nitrogens with zero attached hydrogens (tertiary/aromatic N) is 1. The van der Waals surface area contributed by atoms with Crippen molar-refractivity contribution in [2.45, 2.75) is 56.7 Å². The summed E-state index contributed by atoms with van der Waals surface area (Å²) >= 11 is 2.00. The molecule has 0 aromatic heterocycles. The van der Waals surface area contributed by atoms with Crippen molar-refractivity contribution >= 4 is 17.7 Å². The molecule has 0 radical (unpaired) electrons. The Bertz CT molecular complexity index is 310. The smallest absolute Gasteiger partial charge is 0.242 e. The first-order valence-corrected chi connectivity index (χ1v) is 8.30. The van der Waals surface area contributed by atoms with Gasteiger partial charge in [0, 0.05) is 24.1 Å². The van der Waals surface area contributed by atoms with Crippen LogP contribution < -0.4 is 5.73 Å². The highest BCUT2D eigenvalue weighted by atomic mass is 32.2. The van der Waals surface area contributed by atoms with Crippen molar-refractivity contribution < 1.29 is 4.79 Å². The molecule has 4 heteroatoms. The second-order valence-corrected chi connectivity index (χ2v) is 7.42. The fourth-order valence-corrected chi connectivity index (χ4v) is 4.43. The molecule has 18 heavy (non-hydrogen) atoms. The minimum Gasteiger partial charge on any atom is -0.339 e. The quantitative estimate of drug-likeness (QED) is 0.837. The zero-order valence-corrected chi connectivity index (χ0v) is 12.5. The van der Waals surface area contributed by atoms with Crippen LogP contribution in [0.5, 0.6) is 0 Å². The van der Waals surface area contributed by atoms with Gasteiger partial charge in [-0.05, 0) is 25.2 Å². The van der Waals surface area contributed by atoms with Crippen molar-refractivity contribution in [1.82, 2.24) is 4.90 Å². The van der Waals surface area contributed by atoms with E-state index in [-0.39, 0.29) is 5.91 Å². The normalized spacial score (nSPS) is 37.6. The van der Waals surface area contributed by atoms with Crippen LogP contribution >= 0.6 is 11.8 Å². The van der Waals surface area contributed by atoms with Gasteiger partial charge in [0.05, 0.1) is 5.54 Å². The Kier molecular flexibility index (Phi) is 4.59. The van der Waals surface area contributed by atoms with Gasteiger partial charge in [-0.15, -0.1) is 0 Å². The fourth-order valence-electron chi connectivity index (χ4n) is 3.25. The molecule has 3 nitrogen and oxygen atoms in total. The van der Waals surface area contributed by atoms with E-state index in [1.807, 2.05) is 16.7 Å². The standard InChI is InChI=1S/C14H26N2OS/c1-3-12-10-16(7-8-18-12)13(17)14(15)6-4-5-11(2)9-14/h11-12H,3-10,15H2,1-2H3. The minimum atomic E-state index is -0.571. The monoisotopic (exact) mass is 270 g/mol. The van der Waals surface area contributed by atoms with Gasteiger partial charge >= 0.3 is 0 Å². The highest BCUT2D eigenvalue weighted by Crippen LogP contribution is 2.33. The van der Waals surface area contributed by atoms with Crippen LogP contribution in [0.1, 0.15) is 46.0 Å². The lowest BCUT2D eigenvalue weighted by Crippen LogP contribution is -2.59. The van der Waals surface area contributed by atoms with E-state index in [2.05, 4.69) is 13.8 Å². The van der Waals surface area contributed by atoms with Crippen LogP contribution in [0.15, 0.2) is 0 Å². The first-order valence-electron chi connectivity index (χ1n) is 7.25. The van der Waals surface area contributed by atoms with Crippen molar-refractivity contribution in [3.63, 3.8) is 0 Å². The summed E-state index contributed by atoms with van der Waals surface area (Å²) in [7, 11) is 0. The molecule has 1 amide bonds. The molecule has 104 valence electrons. The number of nitrogens with two attached hydrogens (primary N) is 1. The minimum absolute atomic E-state index is 0.216. The largest absolute Gasteiger partial charge is 0.339 e. The van der Waals surface area contributed by atoms with Gasteiger partial charge in [-0.2, -0.15) is 11.8 Å². The molecule has 0 aromatic carbocycles.